The topological polar surface area (TPSA) is 3.24 Å². The summed E-state index contributed by atoms with van der Waals surface area (Å²) in [6.07, 6.45) is 0. The van der Waals surface area contributed by atoms with Gasteiger partial charge in [-0.2, -0.15) is 0 Å². The number of hydrogen-bond acceptors (Lipinski definition) is 2. The van der Waals surface area contributed by atoms with Crippen LogP contribution in [0.3, 0.4) is 0 Å². The SMILES string of the molecule is c1ccc2c(c1)-c1ccccc1C21c2ccccc2-c2cc(-c3cccc4c3sc3ccccc34)c(N(c3ccc4ccc5ccccc5c4c3)c3ccc4c5ccccc5c5ccccc5c4c3)cc21. The van der Waals surface area contributed by atoms with E-state index in [1.807, 2.05) is 11.3 Å². The molecule has 0 atom stereocenters. The Morgan fingerprint density at radius 1 is 0.268 bits per heavy atom. The summed E-state index contributed by atoms with van der Waals surface area (Å²) in [6, 6.07) is 94.1. The zero-order valence-electron chi connectivity index (χ0n) is 38.5. The van der Waals surface area contributed by atoms with Crippen molar-refractivity contribution in [3.05, 3.63) is 271 Å². The molecule has 0 fully saturated rings. The van der Waals surface area contributed by atoms with Gasteiger partial charge < -0.3 is 4.90 Å². The summed E-state index contributed by atoms with van der Waals surface area (Å²) in [5.74, 6) is 0. The van der Waals surface area contributed by atoms with Crippen LogP contribution in [0.15, 0.2) is 249 Å². The molecule has 71 heavy (non-hydrogen) atoms. The van der Waals surface area contributed by atoms with Crippen LogP contribution in [0.2, 0.25) is 0 Å². The van der Waals surface area contributed by atoms with Crippen LogP contribution in [0.1, 0.15) is 22.3 Å². The number of hydrogen-bond donors (Lipinski definition) is 0. The Hall–Kier alpha value is -8.82. The number of rotatable bonds is 4. The van der Waals surface area contributed by atoms with E-state index in [1.165, 1.54) is 130 Å². The van der Waals surface area contributed by atoms with Crippen molar-refractivity contribution in [2.75, 3.05) is 4.90 Å². The zero-order valence-corrected chi connectivity index (χ0v) is 39.3. The molecule has 0 bridgehead atoms. The van der Waals surface area contributed by atoms with Crippen molar-refractivity contribution in [1.82, 2.24) is 0 Å². The smallest absolute Gasteiger partial charge is 0.0726 e. The van der Waals surface area contributed by atoms with Gasteiger partial charge in [-0.05, 0) is 141 Å². The maximum atomic E-state index is 2.60. The first-order valence-electron chi connectivity index (χ1n) is 24.7. The fourth-order valence-corrected chi connectivity index (χ4v) is 14.3. The molecule has 0 unspecified atom stereocenters. The number of anilines is 3. The van der Waals surface area contributed by atoms with Gasteiger partial charge in [0.05, 0.1) is 11.1 Å². The minimum Gasteiger partial charge on any atom is -0.310 e. The van der Waals surface area contributed by atoms with E-state index in [4.69, 9.17) is 0 Å². The molecular weight excluding hydrogens is 875 g/mol. The molecule has 1 heterocycles. The van der Waals surface area contributed by atoms with Gasteiger partial charge in [-0.1, -0.05) is 206 Å². The molecule has 2 heteroatoms. The highest BCUT2D eigenvalue weighted by Crippen LogP contribution is 2.64. The van der Waals surface area contributed by atoms with E-state index in [-0.39, 0.29) is 0 Å². The summed E-state index contributed by atoms with van der Waals surface area (Å²) in [7, 11) is 0. The van der Waals surface area contributed by atoms with Crippen LogP contribution < -0.4 is 4.90 Å². The van der Waals surface area contributed by atoms with Crippen LogP contribution in [0.4, 0.5) is 17.1 Å². The highest BCUT2D eigenvalue weighted by molar-refractivity contribution is 7.26. The first kappa shape index (κ1) is 39.1. The maximum absolute atomic E-state index is 2.60. The average molecular weight is 916 g/mol. The Morgan fingerprint density at radius 2 is 0.732 bits per heavy atom. The number of thiophene rings is 1. The lowest BCUT2D eigenvalue weighted by Gasteiger charge is -2.33. The van der Waals surface area contributed by atoms with Crippen molar-refractivity contribution in [3.8, 4) is 33.4 Å². The predicted octanol–water partition coefficient (Wildman–Crippen LogP) is 19.3. The highest BCUT2D eigenvalue weighted by atomic mass is 32.1. The fraction of sp³-hybridized carbons (Fsp3) is 0.0145. The highest BCUT2D eigenvalue weighted by Gasteiger charge is 2.52. The molecule has 0 N–H and O–H groups in total. The maximum Gasteiger partial charge on any atom is 0.0726 e. The van der Waals surface area contributed by atoms with Gasteiger partial charge in [0.15, 0.2) is 0 Å². The van der Waals surface area contributed by atoms with Crippen LogP contribution in [-0.4, -0.2) is 0 Å². The van der Waals surface area contributed by atoms with E-state index in [0.717, 1.165) is 17.1 Å². The van der Waals surface area contributed by atoms with Gasteiger partial charge in [-0.25, -0.2) is 0 Å². The van der Waals surface area contributed by atoms with Crippen LogP contribution in [0.25, 0.3) is 107 Å². The number of benzene rings is 13. The van der Waals surface area contributed by atoms with E-state index < -0.39 is 5.41 Å². The lowest BCUT2D eigenvalue weighted by Crippen LogP contribution is -2.26. The number of fused-ring (bicyclic) bond motifs is 22. The van der Waals surface area contributed by atoms with Crippen LogP contribution in [0.5, 0.6) is 0 Å². The van der Waals surface area contributed by atoms with Crippen molar-refractivity contribution in [1.29, 1.82) is 0 Å². The monoisotopic (exact) mass is 915 g/mol. The summed E-state index contributed by atoms with van der Waals surface area (Å²) in [5.41, 5.74) is 15.8. The Morgan fingerprint density at radius 3 is 1.41 bits per heavy atom. The van der Waals surface area contributed by atoms with Gasteiger partial charge in [0.25, 0.3) is 0 Å². The lowest BCUT2D eigenvalue weighted by atomic mass is 9.70. The average Bonchev–Trinajstić information content (AvgIpc) is 4.07. The van der Waals surface area contributed by atoms with Gasteiger partial charge in [0, 0.05) is 42.7 Å². The van der Waals surface area contributed by atoms with Gasteiger partial charge in [-0.3, -0.25) is 0 Å². The molecule has 0 aliphatic heterocycles. The molecule has 1 aromatic heterocycles. The molecule has 0 saturated carbocycles. The van der Waals surface area contributed by atoms with Crippen molar-refractivity contribution in [2.45, 2.75) is 5.41 Å². The minimum absolute atomic E-state index is 0.528. The van der Waals surface area contributed by atoms with Crippen LogP contribution in [0, 0.1) is 0 Å². The Kier molecular flexibility index (Phi) is 8.04. The van der Waals surface area contributed by atoms with Gasteiger partial charge in [-0.15, -0.1) is 11.3 Å². The molecule has 1 spiro atoms. The predicted molar refractivity (Wildman–Crippen MR) is 303 cm³/mol. The summed E-state index contributed by atoms with van der Waals surface area (Å²) < 4.78 is 2.60. The molecule has 0 radical (unpaired) electrons. The second-order valence-corrected chi connectivity index (χ2v) is 20.5. The third-order valence-corrected chi connectivity index (χ3v) is 17.2. The van der Waals surface area contributed by atoms with Gasteiger partial charge >= 0.3 is 0 Å². The van der Waals surface area contributed by atoms with Crippen molar-refractivity contribution >= 4 is 102 Å². The molecule has 2 aliphatic rings. The third kappa shape index (κ3) is 5.29. The fourth-order valence-electron chi connectivity index (χ4n) is 13.1. The number of nitrogens with zero attached hydrogens (tertiary/aromatic N) is 1. The second kappa shape index (κ2) is 14.6. The second-order valence-electron chi connectivity index (χ2n) is 19.4. The van der Waals surface area contributed by atoms with E-state index in [2.05, 4.69) is 254 Å². The van der Waals surface area contributed by atoms with E-state index in [0.29, 0.717) is 0 Å². The summed E-state index contributed by atoms with van der Waals surface area (Å²) in [6.45, 7) is 0. The van der Waals surface area contributed by atoms with E-state index in [9.17, 15) is 0 Å². The molecular formula is C69H41NS. The largest absolute Gasteiger partial charge is 0.310 e. The molecule has 328 valence electrons. The Bertz CT molecular complexity index is 4530. The zero-order chi connectivity index (χ0) is 46.4. The first-order valence-corrected chi connectivity index (χ1v) is 25.5. The lowest BCUT2D eigenvalue weighted by molar-refractivity contribution is 0.794. The Balaban J connectivity index is 1.08. The molecule has 2 aliphatic carbocycles. The molecule has 14 aromatic rings. The summed E-state index contributed by atoms with van der Waals surface area (Å²) in [5, 5.41) is 15.1. The molecule has 0 saturated heterocycles. The quantitative estimate of drug-likeness (QED) is 0.159. The third-order valence-electron chi connectivity index (χ3n) is 16.0. The minimum atomic E-state index is -0.528. The molecule has 16 rings (SSSR count). The van der Waals surface area contributed by atoms with Crippen molar-refractivity contribution in [2.24, 2.45) is 0 Å². The summed E-state index contributed by atoms with van der Waals surface area (Å²) >= 11 is 1.90. The van der Waals surface area contributed by atoms with E-state index in [1.54, 1.807) is 0 Å². The van der Waals surface area contributed by atoms with Crippen LogP contribution >= 0.6 is 11.3 Å². The van der Waals surface area contributed by atoms with Gasteiger partial charge in [0.2, 0.25) is 0 Å². The molecule has 1 nitrogen and oxygen atoms in total. The normalized spacial score (nSPS) is 13.2. The van der Waals surface area contributed by atoms with Crippen LogP contribution in [-0.2, 0) is 5.41 Å². The van der Waals surface area contributed by atoms with Crippen molar-refractivity contribution in [3.63, 3.8) is 0 Å². The van der Waals surface area contributed by atoms with E-state index >= 15 is 0 Å². The van der Waals surface area contributed by atoms with Gasteiger partial charge in [0.1, 0.15) is 0 Å². The first-order chi connectivity index (χ1) is 35.2. The van der Waals surface area contributed by atoms with Crippen molar-refractivity contribution < 1.29 is 0 Å². The molecule has 13 aromatic carbocycles. The molecule has 0 amide bonds. The standard InChI is InChI=1S/C69H41NS/c1-2-17-46-42(16-1)32-33-43-34-35-44(38-58(43)46)70(45-36-37-51-49-20-4-3-18-47(49)48-19-5-6-21-50(48)59(51)39-45)66-41-65-60(40-61(66)57-27-15-26-56-55-25-10-14-31-67(55)71-68(56)57)54-24-9-13-30-64(54)69(65)62-28-11-7-22-52(62)53-23-8-12-29-63(53)69/h1-41H. The summed E-state index contributed by atoms with van der Waals surface area (Å²) in [4.78, 5) is 2.59. The Labute approximate surface area is 414 Å².